The molecular weight excluding hydrogens is 262 g/mol. The molecule has 1 aliphatic rings. The predicted octanol–water partition coefficient (Wildman–Crippen LogP) is 0.513. The molecule has 0 aromatic carbocycles. The van der Waals surface area contributed by atoms with Crippen molar-refractivity contribution < 1.29 is 19.4 Å². The van der Waals surface area contributed by atoms with Crippen LogP contribution in [0.4, 0.5) is 4.79 Å². The Hall–Kier alpha value is -2.15. The first-order valence-electron chi connectivity index (χ1n) is 6.44. The Kier molecular flexibility index (Phi) is 4.89. The number of nitrogens with zero attached hydrogens (tertiary/aromatic N) is 1. The molecule has 2 rings (SSSR count). The largest absolute Gasteiger partial charge is 0.479 e. The van der Waals surface area contributed by atoms with Crippen LogP contribution in [0.3, 0.4) is 0 Å². The lowest BCUT2D eigenvalue weighted by Crippen LogP contribution is -2.39. The van der Waals surface area contributed by atoms with Crippen molar-refractivity contribution >= 4 is 12.0 Å². The van der Waals surface area contributed by atoms with Crippen LogP contribution in [-0.4, -0.2) is 40.8 Å². The number of urea groups is 1. The molecule has 3 N–H and O–H groups in total. The van der Waals surface area contributed by atoms with E-state index in [1.54, 1.807) is 18.5 Å². The van der Waals surface area contributed by atoms with Crippen molar-refractivity contribution in [2.24, 2.45) is 0 Å². The van der Waals surface area contributed by atoms with Gasteiger partial charge >= 0.3 is 12.0 Å². The van der Waals surface area contributed by atoms with E-state index in [9.17, 15) is 9.59 Å². The van der Waals surface area contributed by atoms with E-state index in [4.69, 9.17) is 9.84 Å². The van der Waals surface area contributed by atoms with E-state index in [0.29, 0.717) is 25.9 Å². The quantitative estimate of drug-likeness (QED) is 0.729. The zero-order valence-electron chi connectivity index (χ0n) is 10.9. The molecular formula is C13H17N3O4. The second kappa shape index (κ2) is 6.85. The number of hydrogen-bond acceptors (Lipinski definition) is 4. The fourth-order valence-electron chi connectivity index (χ4n) is 1.99. The number of carbonyl (C=O) groups excluding carboxylic acids is 1. The Balaban J connectivity index is 1.65. The van der Waals surface area contributed by atoms with Gasteiger partial charge in [0.05, 0.1) is 6.10 Å². The molecule has 7 heteroatoms. The van der Waals surface area contributed by atoms with Gasteiger partial charge in [0, 0.05) is 25.5 Å². The first-order chi connectivity index (χ1) is 9.65. The number of carbonyl (C=O) groups is 2. The van der Waals surface area contributed by atoms with Gasteiger partial charge in [0.1, 0.15) is 0 Å². The Morgan fingerprint density at radius 3 is 2.90 bits per heavy atom. The summed E-state index contributed by atoms with van der Waals surface area (Å²) in [5.74, 6) is -0.950. The molecule has 1 fully saturated rings. The number of ether oxygens (including phenoxy) is 1. The van der Waals surface area contributed by atoms with Crippen LogP contribution in [0, 0.1) is 0 Å². The highest BCUT2D eigenvalue weighted by molar-refractivity contribution is 5.74. The lowest BCUT2D eigenvalue weighted by molar-refractivity contribution is -0.149. The Labute approximate surface area is 116 Å². The minimum atomic E-state index is -0.950. The number of aromatic nitrogens is 1. The minimum Gasteiger partial charge on any atom is -0.479 e. The van der Waals surface area contributed by atoms with Gasteiger partial charge < -0.3 is 20.5 Å². The van der Waals surface area contributed by atoms with Crippen LogP contribution in [0.5, 0.6) is 0 Å². The van der Waals surface area contributed by atoms with Crippen LogP contribution in [0.15, 0.2) is 24.5 Å². The lowest BCUT2D eigenvalue weighted by Gasteiger charge is -2.13. The third-order valence-corrected chi connectivity index (χ3v) is 3.05. The average Bonchev–Trinajstić information content (AvgIpc) is 2.93. The summed E-state index contributed by atoms with van der Waals surface area (Å²) >= 11 is 0. The molecule has 2 heterocycles. The van der Waals surface area contributed by atoms with Crippen LogP contribution >= 0.6 is 0 Å². The number of hydrogen-bond donors (Lipinski definition) is 3. The van der Waals surface area contributed by atoms with E-state index in [1.807, 2.05) is 6.07 Å². The Morgan fingerprint density at radius 1 is 1.40 bits per heavy atom. The molecule has 2 atom stereocenters. The summed E-state index contributed by atoms with van der Waals surface area (Å²) in [5, 5.41) is 14.1. The van der Waals surface area contributed by atoms with Gasteiger partial charge in [-0.1, -0.05) is 6.07 Å². The fraction of sp³-hybridized carbons (Fsp3) is 0.462. The van der Waals surface area contributed by atoms with Gasteiger partial charge in [-0.25, -0.2) is 9.59 Å². The molecule has 0 radical (unpaired) electrons. The van der Waals surface area contributed by atoms with Gasteiger partial charge in [-0.3, -0.25) is 4.98 Å². The zero-order valence-corrected chi connectivity index (χ0v) is 10.9. The van der Waals surface area contributed by atoms with Crippen molar-refractivity contribution in [1.82, 2.24) is 15.6 Å². The van der Waals surface area contributed by atoms with Crippen LogP contribution in [0.25, 0.3) is 0 Å². The summed E-state index contributed by atoms with van der Waals surface area (Å²) in [7, 11) is 0. The van der Waals surface area contributed by atoms with Crippen molar-refractivity contribution in [3.63, 3.8) is 0 Å². The molecule has 0 bridgehead atoms. The summed E-state index contributed by atoms with van der Waals surface area (Å²) in [6.07, 6.45) is 3.48. The molecule has 7 nitrogen and oxygen atoms in total. The summed E-state index contributed by atoms with van der Waals surface area (Å²) in [6.45, 7) is 0.700. The third kappa shape index (κ3) is 4.20. The van der Waals surface area contributed by atoms with E-state index >= 15 is 0 Å². The van der Waals surface area contributed by atoms with Gasteiger partial charge in [-0.15, -0.1) is 0 Å². The maximum atomic E-state index is 11.6. The highest BCUT2D eigenvalue weighted by Crippen LogP contribution is 2.19. The van der Waals surface area contributed by atoms with E-state index in [-0.39, 0.29) is 12.1 Å². The number of nitrogens with one attached hydrogen (secondary N) is 2. The topological polar surface area (TPSA) is 101 Å². The van der Waals surface area contributed by atoms with E-state index in [2.05, 4.69) is 15.6 Å². The minimum absolute atomic E-state index is 0.236. The molecule has 1 aliphatic heterocycles. The molecule has 0 spiro atoms. The second-order valence-corrected chi connectivity index (χ2v) is 4.59. The molecule has 0 aliphatic carbocycles. The second-order valence-electron chi connectivity index (χ2n) is 4.59. The van der Waals surface area contributed by atoms with Crippen LogP contribution in [-0.2, 0) is 16.1 Å². The summed E-state index contributed by atoms with van der Waals surface area (Å²) in [5.41, 5.74) is 0.908. The Bertz CT molecular complexity index is 466. The molecule has 0 saturated carbocycles. The average molecular weight is 279 g/mol. The smallest absolute Gasteiger partial charge is 0.332 e. The number of aliphatic carboxylic acids is 1. The number of carboxylic acids is 1. The van der Waals surface area contributed by atoms with Crippen LogP contribution in [0.1, 0.15) is 18.4 Å². The van der Waals surface area contributed by atoms with Gasteiger partial charge in [0.2, 0.25) is 0 Å². The van der Waals surface area contributed by atoms with Gasteiger partial charge in [-0.2, -0.15) is 0 Å². The van der Waals surface area contributed by atoms with Gasteiger partial charge in [0.25, 0.3) is 0 Å². The van der Waals surface area contributed by atoms with Crippen LogP contribution < -0.4 is 10.6 Å². The van der Waals surface area contributed by atoms with Crippen molar-refractivity contribution in [3.05, 3.63) is 30.1 Å². The molecule has 20 heavy (non-hydrogen) atoms. The number of rotatable bonds is 5. The van der Waals surface area contributed by atoms with Crippen LogP contribution in [0.2, 0.25) is 0 Å². The molecule has 108 valence electrons. The summed E-state index contributed by atoms with van der Waals surface area (Å²) < 4.78 is 5.28. The highest BCUT2D eigenvalue weighted by atomic mass is 16.5. The normalized spacial score (nSPS) is 21.4. The maximum absolute atomic E-state index is 11.6. The van der Waals surface area contributed by atoms with Crippen molar-refractivity contribution in [1.29, 1.82) is 0 Å². The van der Waals surface area contributed by atoms with E-state index in [0.717, 1.165) is 5.56 Å². The summed E-state index contributed by atoms with van der Waals surface area (Å²) in [6, 6.07) is 3.36. The first-order valence-corrected chi connectivity index (χ1v) is 6.44. The van der Waals surface area contributed by atoms with E-state index in [1.165, 1.54) is 0 Å². The number of carboxylic acid groups (broad SMARTS) is 1. The molecule has 1 saturated heterocycles. The molecule has 2 amide bonds. The number of amides is 2. The molecule has 2 unspecified atom stereocenters. The standard InChI is InChI=1S/C13H17N3O4/c17-12(18)11-4-3-10(20-11)8-16-13(19)15-7-9-2-1-5-14-6-9/h1-2,5-6,10-11H,3-4,7-8H2,(H,17,18)(H2,15,16,19). The highest BCUT2D eigenvalue weighted by Gasteiger charge is 2.30. The molecule has 1 aromatic rings. The Morgan fingerprint density at radius 2 is 2.25 bits per heavy atom. The predicted molar refractivity (Wildman–Crippen MR) is 70.0 cm³/mol. The SMILES string of the molecule is O=C(NCc1cccnc1)NCC1CCC(C(=O)O)O1. The zero-order chi connectivity index (χ0) is 14.4. The fourth-order valence-corrected chi connectivity index (χ4v) is 1.99. The van der Waals surface area contributed by atoms with Crippen molar-refractivity contribution in [3.8, 4) is 0 Å². The number of pyridine rings is 1. The van der Waals surface area contributed by atoms with Crippen molar-refractivity contribution in [2.75, 3.05) is 6.54 Å². The monoisotopic (exact) mass is 279 g/mol. The molecule has 1 aromatic heterocycles. The van der Waals surface area contributed by atoms with Gasteiger partial charge in [0.15, 0.2) is 6.10 Å². The lowest BCUT2D eigenvalue weighted by atomic mass is 10.2. The van der Waals surface area contributed by atoms with Crippen molar-refractivity contribution in [2.45, 2.75) is 31.6 Å². The summed E-state index contributed by atoms with van der Waals surface area (Å²) in [4.78, 5) is 26.2. The third-order valence-electron chi connectivity index (χ3n) is 3.05. The van der Waals surface area contributed by atoms with Gasteiger partial charge in [-0.05, 0) is 24.5 Å². The first kappa shape index (κ1) is 14.3. The maximum Gasteiger partial charge on any atom is 0.332 e. The van der Waals surface area contributed by atoms with E-state index < -0.39 is 12.1 Å².